The summed E-state index contributed by atoms with van der Waals surface area (Å²) in [7, 11) is 0. The van der Waals surface area contributed by atoms with Crippen molar-refractivity contribution in [3.63, 3.8) is 0 Å². The van der Waals surface area contributed by atoms with Crippen molar-refractivity contribution in [2.75, 3.05) is 5.32 Å². The zero-order valence-electron chi connectivity index (χ0n) is 11.1. The van der Waals surface area contributed by atoms with E-state index in [9.17, 15) is 4.79 Å². The number of benzene rings is 1. The van der Waals surface area contributed by atoms with Crippen molar-refractivity contribution in [1.82, 2.24) is 4.98 Å². The van der Waals surface area contributed by atoms with Crippen LogP contribution in [0.1, 0.15) is 14.7 Å². The molecule has 0 aliphatic rings. The summed E-state index contributed by atoms with van der Waals surface area (Å²) in [4.78, 5) is 17.2. The summed E-state index contributed by atoms with van der Waals surface area (Å²) in [6.07, 6.45) is 0. The topological polar surface area (TPSA) is 42.0 Å². The summed E-state index contributed by atoms with van der Waals surface area (Å²) in [6, 6.07) is 9.53. The summed E-state index contributed by atoms with van der Waals surface area (Å²) >= 11 is 6.39. The Balaban J connectivity index is 1.74. The largest absolute Gasteiger partial charge is 0.321 e. The average Bonchev–Trinajstić information content (AvgIpc) is 3.08. The molecule has 106 valence electrons. The van der Waals surface area contributed by atoms with Gasteiger partial charge in [0.05, 0.1) is 15.6 Å². The minimum atomic E-state index is -0.0945. The van der Waals surface area contributed by atoms with Crippen LogP contribution in [0.2, 0.25) is 0 Å². The molecule has 0 spiro atoms. The van der Waals surface area contributed by atoms with Crippen LogP contribution >= 0.6 is 38.6 Å². The van der Waals surface area contributed by atoms with Gasteiger partial charge in [0.25, 0.3) is 5.91 Å². The van der Waals surface area contributed by atoms with Crippen molar-refractivity contribution in [3.05, 3.63) is 55.4 Å². The number of nitrogens with one attached hydrogen (secondary N) is 1. The monoisotopic (exact) mass is 378 g/mol. The Kier molecular flexibility index (Phi) is 4.19. The highest BCUT2D eigenvalue weighted by Gasteiger charge is 2.09. The predicted octanol–water partition coefficient (Wildman–Crippen LogP) is 5.19. The molecule has 0 saturated carbocycles. The number of nitrogens with zero attached hydrogens (tertiary/aromatic N) is 1. The van der Waals surface area contributed by atoms with E-state index < -0.39 is 0 Å². The number of hydrogen-bond donors (Lipinski definition) is 1. The molecule has 0 atom stereocenters. The Morgan fingerprint density at radius 2 is 1.95 bits per heavy atom. The third-order valence-electron chi connectivity index (χ3n) is 2.85. The first-order valence-electron chi connectivity index (χ1n) is 6.20. The Morgan fingerprint density at radius 1 is 1.19 bits per heavy atom. The van der Waals surface area contributed by atoms with Gasteiger partial charge in [-0.25, -0.2) is 4.98 Å². The van der Waals surface area contributed by atoms with Gasteiger partial charge in [0.2, 0.25) is 0 Å². The van der Waals surface area contributed by atoms with E-state index >= 15 is 0 Å². The molecular weight excluding hydrogens is 368 g/mol. The molecule has 1 amide bonds. The Labute approximate surface area is 138 Å². The maximum absolute atomic E-state index is 12.1. The van der Waals surface area contributed by atoms with Crippen molar-refractivity contribution in [2.45, 2.75) is 6.92 Å². The standard InChI is InChI=1S/C15H11BrN2OS2/c1-9-17-13(8-20-9)10-2-4-12(5-3-10)18-15(19)14-6-11(16)7-21-14/h2-8H,1H3,(H,18,19). The lowest BCUT2D eigenvalue weighted by molar-refractivity contribution is 0.103. The molecular formula is C15H11BrN2OS2. The normalized spacial score (nSPS) is 10.6. The molecule has 1 N–H and O–H groups in total. The lowest BCUT2D eigenvalue weighted by atomic mass is 10.1. The summed E-state index contributed by atoms with van der Waals surface area (Å²) in [5.74, 6) is -0.0945. The van der Waals surface area contributed by atoms with Gasteiger partial charge in [0.15, 0.2) is 0 Å². The minimum absolute atomic E-state index is 0.0945. The van der Waals surface area contributed by atoms with Gasteiger partial charge in [-0.1, -0.05) is 12.1 Å². The van der Waals surface area contributed by atoms with E-state index in [-0.39, 0.29) is 5.91 Å². The molecule has 2 aromatic heterocycles. The highest BCUT2D eigenvalue weighted by atomic mass is 79.9. The first-order chi connectivity index (χ1) is 10.1. The number of hydrogen-bond acceptors (Lipinski definition) is 4. The molecule has 0 radical (unpaired) electrons. The van der Waals surface area contributed by atoms with E-state index in [1.165, 1.54) is 11.3 Å². The number of thiazole rings is 1. The van der Waals surface area contributed by atoms with Crippen LogP contribution in [0.25, 0.3) is 11.3 Å². The highest BCUT2D eigenvalue weighted by Crippen LogP contribution is 2.24. The van der Waals surface area contributed by atoms with Crippen molar-refractivity contribution < 1.29 is 4.79 Å². The van der Waals surface area contributed by atoms with E-state index in [0.29, 0.717) is 4.88 Å². The Morgan fingerprint density at radius 3 is 2.52 bits per heavy atom. The maximum atomic E-state index is 12.1. The molecule has 3 rings (SSSR count). The van der Waals surface area contributed by atoms with Gasteiger partial charge in [-0.05, 0) is 41.1 Å². The summed E-state index contributed by atoms with van der Waals surface area (Å²) in [6.45, 7) is 1.99. The van der Waals surface area contributed by atoms with Crippen LogP contribution < -0.4 is 5.32 Å². The van der Waals surface area contributed by atoms with E-state index in [4.69, 9.17) is 0 Å². The molecule has 0 aliphatic heterocycles. The zero-order valence-corrected chi connectivity index (χ0v) is 14.3. The average molecular weight is 379 g/mol. The number of aryl methyl sites for hydroxylation is 1. The van der Waals surface area contributed by atoms with Gasteiger partial charge < -0.3 is 5.32 Å². The molecule has 21 heavy (non-hydrogen) atoms. The van der Waals surface area contributed by atoms with E-state index in [1.807, 2.05) is 48.0 Å². The first-order valence-corrected chi connectivity index (χ1v) is 8.75. The third kappa shape index (κ3) is 3.40. The van der Waals surface area contributed by atoms with Crippen LogP contribution in [-0.4, -0.2) is 10.9 Å². The maximum Gasteiger partial charge on any atom is 0.265 e. The van der Waals surface area contributed by atoms with Crippen molar-refractivity contribution in [3.8, 4) is 11.3 Å². The van der Waals surface area contributed by atoms with Crippen LogP contribution in [0.3, 0.4) is 0 Å². The number of anilines is 1. The second kappa shape index (κ2) is 6.09. The summed E-state index contributed by atoms with van der Waals surface area (Å²) in [5, 5.41) is 7.86. The van der Waals surface area contributed by atoms with Crippen LogP contribution in [0.4, 0.5) is 5.69 Å². The molecule has 0 fully saturated rings. The lowest BCUT2D eigenvalue weighted by Gasteiger charge is -2.04. The molecule has 6 heteroatoms. The molecule has 0 aliphatic carbocycles. The third-order valence-corrected chi connectivity index (χ3v) is 5.31. The molecule has 0 unspecified atom stereocenters. The Bertz CT molecular complexity index is 777. The van der Waals surface area contributed by atoms with Gasteiger partial charge in [0, 0.05) is 26.5 Å². The highest BCUT2D eigenvalue weighted by molar-refractivity contribution is 9.10. The second-order valence-electron chi connectivity index (χ2n) is 4.41. The molecule has 3 nitrogen and oxygen atoms in total. The summed E-state index contributed by atoms with van der Waals surface area (Å²) in [5.41, 5.74) is 2.80. The van der Waals surface area contributed by atoms with E-state index in [1.54, 1.807) is 11.3 Å². The molecule has 0 saturated heterocycles. The lowest BCUT2D eigenvalue weighted by Crippen LogP contribution is -2.09. The van der Waals surface area contributed by atoms with Gasteiger partial charge in [0.1, 0.15) is 0 Å². The fourth-order valence-electron chi connectivity index (χ4n) is 1.85. The van der Waals surface area contributed by atoms with Crippen LogP contribution in [0.15, 0.2) is 45.6 Å². The van der Waals surface area contributed by atoms with Crippen molar-refractivity contribution >= 4 is 50.2 Å². The van der Waals surface area contributed by atoms with Gasteiger partial charge in [-0.3, -0.25) is 4.79 Å². The predicted molar refractivity (Wildman–Crippen MR) is 92.3 cm³/mol. The van der Waals surface area contributed by atoms with Crippen LogP contribution in [0, 0.1) is 6.92 Å². The SMILES string of the molecule is Cc1nc(-c2ccc(NC(=O)c3cc(Br)cs3)cc2)cs1. The number of thiophene rings is 1. The van der Waals surface area contributed by atoms with Crippen molar-refractivity contribution in [1.29, 1.82) is 0 Å². The fraction of sp³-hybridized carbons (Fsp3) is 0.0667. The Hall–Kier alpha value is -1.50. The smallest absolute Gasteiger partial charge is 0.265 e. The number of amides is 1. The summed E-state index contributed by atoms with van der Waals surface area (Å²) < 4.78 is 0.923. The van der Waals surface area contributed by atoms with Crippen LogP contribution in [-0.2, 0) is 0 Å². The van der Waals surface area contributed by atoms with E-state index in [2.05, 4.69) is 26.2 Å². The first kappa shape index (κ1) is 14.4. The van der Waals surface area contributed by atoms with Gasteiger partial charge >= 0.3 is 0 Å². The van der Waals surface area contributed by atoms with Gasteiger partial charge in [-0.2, -0.15) is 0 Å². The fourth-order valence-corrected chi connectivity index (χ4v) is 3.79. The number of rotatable bonds is 3. The molecule has 2 heterocycles. The zero-order chi connectivity index (χ0) is 14.8. The van der Waals surface area contributed by atoms with E-state index in [0.717, 1.165) is 26.4 Å². The molecule has 3 aromatic rings. The number of carbonyl (C=O) groups excluding carboxylic acids is 1. The van der Waals surface area contributed by atoms with Gasteiger partial charge in [-0.15, -0.1) is 22.7 Å². The molecule has 0 bridgehead atoms. The molecule has 1 aromatic carbocycles. The number of halogens is 1. The quantitative estimate of drug-likeness (QED) is 0.680. The van der Waals surface area contributed by atoms with Crippen molar-refractivity contribution in [2.24, 2.45) is 0 Å². The second-order valence-corrected chi connectivity index (χ2v) is 7.30. The minimum Gasteiger partial charge on any atom is -0.321 e. The number of aromatic nitrogens is 1. The van der Waals surface area contributed by atoms with Crippen LogP contribution in [0.5, 0.6) is 0 Å². The number of carbonyl (C=O) groups is 1.